The molecule has 174 valence electrons. The maximum Gasteiger partial charge on any atom is 0.261 e. The number of nitrogens with zero attached hydrogens (tertiary/aromatic N) is 1. The van der Waals surface area contributed by atoms with E-state index in [4.69, 9.17) is 27.9 Å². The highest BCUT2D eigenvalue weighted by Crippen LogP contribution is 2.27. The van der Waals surface area contributed by atoms with Crippen molar-refractivity contribution < 1.29 is 14.3 Å². The second-order valence-corrected chi connectivity index (χ2v) is 9.85. The third-order valence-electron chi connectivity index (χ3n) is 4.96. The maximum absolute atomic E-state index is 13.1. The first kappa shape index (κ1) is 26.5. The number of carbonyl (C=O) groups is 2. The first-order valence-electron chi connectivity index (χ1n) is 10.4. The predicted octanol–water partition coefficient (Wildman–Crippen LogP) is 5.94. The van der Waals surface area contributed by atoms with E-state index in [1.54, 1.807) is 25.1 Å². The minimum atomic E-state index is -0.687. The Morgan fingerprint density at radius 3 is 2.25 bits per heavy atom. The van der Waals surface area contributed by atoms with Crippen LogP contribution in [0.4, 0.5) is 0 Å². The number of hydrogen-bond acceptors (Lipinski definition) is 3. The van der Waals surface area contributed by atoms with Gasteiger partial charge < -0.3 is 15.0 Å². The van der Waals surface area contributed by atoms with E-state index in [-0.39, 0.29) is 25.0 Å². The summed E-state index contributed by atoms with van der Waals surface area (Å²) in [6, 6.07) is 8.21. The van der Waals surface area contributed by atoms with Gasteiger partial charge in [0.25, 0.3) is 5.91 Å². The van der Waals surface area contributed by atoms with Gasteiger partial charge in [-0.25, -0.2) is 0 Å². The van der Waals surface area contributed by atoms with Crippen LogP contribution >= 0.6 is 39.1 Å². The fourth-order valence-electron chi connectivity index (χ4n) is 3.09. The zero-order chi connectivity index (χ0) is 24.0. The fourth-order valence-corrected chi connectivity index (χ4v) is 3.64. The summed E-state index contributed by atoms with van der Waals surface area (Å²) in [4.78, 5) is 27.3. The van der Waals surface area contributed by atoms with E-state index < -0.39 is 6.04 Å². The minimum absolute atomic E-state index is 0.191. The Balaban J connectivity index is 2.20. The molecule has 0 aliphatic heterocycles. The lowest BCUT2D eigenvalue weighted by Gasteiger charge is -2.29. The van der Waals surface area contributed by atoms with Crippen LogP contribution in [0.2, 0.25) is 10.0 Å². The smallest absolute Gasteiger partial charge is 0.261 e. The van der Waals surface area contributed by atoms with Crippen LogP contribution in [0.5, 0.6) is 5.75 Å². The summed E-state index contributed by atoms with van der Waals surface area (Å²) in [6.07, 6.45) is 0. The normalized spacial score (nSPS) is 11.9. The number of ether oxygens (including phenoxy) is 1. The standard InChI is InChI=1S/C24H29BrCl2N2O3/c1-14(2)11-28-24(31)17(5)29(12-18-6-7-20(26)21(27)10-18)22(30)13-32-19-8-15(3)23(25)16(4)9-19/h6-10,14,17H,11-13H2,1-5H3,(H,28,31)/t17-/m1/s1. The van der Waals surface area contributed by atoms with Gasteiger partial charge in [0, 0.05) is 17.6 Å². The van der Waals surface area contributed by atoms with Crippen molar-refractivity contribution in [3.05, 3.63) is 61.5 Å². The van der Waals surface area contributed by atoms with Crippen LogP contribution in [0.3, 0.4) is 0 Å². The van der Waals surface area contributed by atoms with Gasteiger partial charge in [0.2, 0.25) is 5.91 Å². The van der Waals surface area contributed by atoms with E-state index in [0.717, 1.165) is 21.2 Å². The Bertz CT molecular complexity index is 959. The topological polar surface area (TPSA) is 58.6 Å². The predicted molar refractivity (Wildman–Crippen MR) is 133 cm³/mol. The van der Waals surface area contributed by atoms with Crippen LogP contribution in [0.15, 0.2) is 34.8 Å². The molecule has 5 nitrogen and oxygen atoms in total. The number of nitrogens with one attached hydrogen (secondary N) is 1. The molecule has 1 N–H and O–H groups in total. The van der Waals surface area contributed by atoms with Crippen molar-refractivity contribution >= 4 is 50.9 Å². The first-order valence-corrected chi connectivity index (χ1v) is 11.9. The summed E-state index contributed by atoms with van der Waals surface area (Å²) in [5.41, 5.74) is 2.80. The highest BCUT2D eigenvalue weighted by molar-refractivity contribution is 9.10. The molecule has 0 aliphatic carbocycles. The molecule has 0 aliphatic rings. The lowest BCUT2D eigenvalue weighted by atomic mass is 10.1. The molecular formula is C24H29BrCl2N2O3. The van der Waals surface area contributed by atoms with Crippen LogP contribution in [0.1, 0.15) is 37.5 Å². The molecule has 0 radical (unpaired) electrons. The summed E-state index contributed by atoms with van der Waals surface area (Å²) < 4.78 is 6.79. The number of amides is 2. The fraction of sp³-hybridized carbons (Fsp3) is 0.417. The molecule has 0 saturated carbocycles. The van der Waals surface area contributed by atoms with E-state index in [9.17, 15) is 9.59 Å². The van der Waals surface area contributed by atoms with E-state index in [1.165, 1.54) is 4.90 Å². The average Bonchev–Trinajstić information content (AvgIpc) is 2.74. The van der Waals surface area contributed by atoms with Crippen LogP contribution in [0.25, 0.3) is 0 Å². The van der Waals surface area contributed by atoms with Crippen molar-refractivity contribution in [3.63, 3.8) is 0 Å². The summed E-state index contributed by atoms with van der Waals surface area (Å²) in [6.45, 7) is 10.2. The highest BCUT2D eigenvalue weighted by Gasteiger charge is 2.27. The monoisotopic (exact) mass is 542 g/mol. The van der Waals surface area contributed by atoms with Crippen molar-refractivity contribution in [1.29, 1.82) is 0 Å². The third kappa shape index (κ3) is 7.39. The van der Waals surface area contributed by atoms with Crippen LogP contribution in [0, 0.1) is 19.8 Å². The maximum atomic E-state index is 13.1. The largest absolute Gasteiger partial charge is 0.484 e. The Hall–Kier alpha value is -1.76. The van der Waals surface area contributed by atoms with Gasteiger partial charge in [-0.15, -0.1) is 0 Å². The molecule has 0 saturated heterocycles. The molecule has 0 fully saturated rings. The van der Waals surface area contributed by atoms with Gasteiger partial charge in [-0.1, -0.05) is 59.0 Å². The van der Waals surface area contributed by atoms with Gasteiger partial charge in [0.15, 0.2) is 6.61 Å². The molecule has 2 aromatic carbocycles. The quantitative estimate of drug-likeness (QED) is 0.425. The van der Waals surface area contributed by atoms with Crippen molar-refractivity contribution in [2.45, 2.75) is 47.2 Å². The van der Waals surface area contributed by atoms with E-state index in [0.29, 0.717) is 28.3 Å². The van der Waals surface area contributed by atoms with Crippen molar-refractivity contribution in [2.75, 3.05) is 13.2 Å². The summed E-state index contributed by atoms with van der Waals surface area (Å²) >= 11 is 15.7. The lowest BCUT2D eigenvalue weighted by molar-refractivity contribution is -0.142. The number of benzene rings is 2. The summed E-state index contributed by atoms with van der Waals surface area (Å²) in [7, 11) is 0. The van der Waals surface area contributed by atoms with Crippen molar-refractivity contribution in [3.8, 4) is 5.75 Å². The Morgan fingerprint density at radius 1 is 1.06 bits per heavy atom. The Morgan fingerprint density at radius 2 is 1.69 bits per heavy atom. The molecule has 1 atom stereocenters. The average molecular weight is 544 g/mol. The molecule has 2 rings (SSSR count). The molecular weight excluding hydrogens is 515 g/mol. The van der Waals surface area contributed by atoms with Gasteiger partial charge >= 0.3 is 0 Å². The second kappa shape index (κ2) is 11.9. The van der Waals surface area contributed by atoms with Gasteiger partial charge in [0.05, 0.1) is 10.0 Å². The van der Waals surface area contributed by atoms with Crippen LogP contribution in [-0.2, 0) is 16.1 Å². The van der Waals surface area contributed by atoms with Gasteiger partial charge in [-0.05, 0) is 67.6 Å². The van der Waals surface area contributed by atoms with Crippen LogP contribution < -0.4 is 10.1 Å². The molecule has 0 spiro atoms. The van der Waals surface area contributed by atoms with Gasteiger partial charge in [0.1, 0.15) is 11.8 Å². The lowest BCUT2D eigenvalue weighted by Crippen LogP contribution is -2.49. The van der Waals surface area contributed by atoms with E-state index in [2.05, 4.69) is 21.2 Å². The second-order valence-electron chi connectivity index (χ2n) is 8.24. The number of hydrogen-bond donors (Lipinski definition) is 1. The summed E-state index contributed by atoms with van der Waals surface area (Å²) in [5, 5.41) is 3.72. The highest BCUT2D eigenvalue weighted by atomic mass is 79.9. The number of rotatable bonds is 9. The van der Waals surface area contributed by atoms with E-state index in [1.807, 2.05) is 39.8 Å². The molecule has 2 amide bonds. The number of halogens is 3. The molecule has 32 heavy (non-hydrogen) atoms. The van der Waals surface area contributed by atoms with Crippen molar-refractivity contribution in [2.24, 2.45) is 5.92 Å². The summed E-state index contributed by atoms with van der Waals surface area (Å²) in [5.74, 6) is 0.379. The number of carbonyl (C=O) groups excluding carboxylic acids is 2. The SMILES string of the molecule is Cc1cc(OCC(=O)N(Cc2ccc(Cl)c(Cl)c2)[C@H](C)C(=O)NCC(C)C)cc(C)c1Br. The Kier molecular flexibility index (Phi) is 9.86. The molecule has 2 aromatic rings. The first-order chi connectivity index (χ1) is 15.0. The van der Waals surface area contributed by atoms with Gasteiger partial charge in [-0.3, -0.25) is 9.59 Å². The van der Waals surface area contributed by atoms with Crippen molar-refractivity contribution in [1.82, 2.24) is 10.2 Å². The van der Waals surface area contributed by atoms with E-state index >= 15 is 0 Å². The van der Waals surface area contributed by atoms with Crippen LogP contribution in [-0.4, -0.2) is 35.9 Å². The Labute approximate surface area is 208 Å². The molecule has 8 heteroatoms. The molecule has 0 bridgehead atoms. The zero-order valence-corrected chi connectivity index (χ0v) is 22.1. The molecule has 0 unspecified atom stereocenters. The molecule has 0 heterocycles. The molecule has 0 aromatic heterocycles. The van der Waals surface area contributed by atoms with Gasteiger partial charge in [-0.2, -0.15) is 0 Å². The zero-order valence-electron chi connectivity index (χ0n) is 19.0. The minimum Gasteiger partial charge on any atom is -0.484 e. The number of aryl methyl sites for hydroxylation is 2. The third-order valence-corrected chi connectivity index (χ3v) is 6.95.